The third-order valence-corrected chi connectivity index (χ3v) is 8.23. The van der Waals surface area contributed by atoms with E-state index in [1.807, 2.05) is 18.2 Å². The number of amides is 1. The zero-order valence-corrected chi connectivity index (χ0v) is 19.7. The summed E-state index contributed by atoms with van der Waals surface area (Å²) in [4.78, 5) is 19.2. The highest BCUT2D eigenvalue weighted by Crippen LogP contribution is 2.56. The molecule has 6 rings (SSSR count). The smallest absolute Gasteiger partial charge is 0.242 e. The summed E-state index contributed by atoms with van der Waals surface area (Å²) >= 11 is 0. The summed E-state index contributed by atoms with van der Waals surface area (Å²) in [6, 6.07) is 21.5. The summed E-state index contributed by atoms with van der Waals surface area (Å²) in [6.45, 7) is 8.36. The maximum Gasteiger partial charge on any atom is 0.242 e. The van der Waals surface area contributed by atoms with Crippen LogP contribution in [0.2, 0.25) is 0 Å². The third kappa shape index (κ3) is 3.58. The second-order valence-electron chi connectivity index (χ2n) is 10.7. The SMILES string of the molecule is CC(C)CN1C[C@@H]2C[C@H]3CN(C)[C@]2(C(=O)NCc2ccccc2)[C@@H]1[C@@H]3Cc1ccccc1. The van der Waals surface area contributed by atoms with Crippen molar-refractivity contribution in [3.05, 3.63) is 71.8 Å². The summed E-state index contributed by atoms with van der Waals surface area (Å²) < 4.78 is 0. The maximum absolute atomic E-state index is 14.1. The lowest BCUT2D eigenvalue weighted by molar-refractivity contribution is -0.156. The number of hydrogen-bond donors (Lipinski definition) is 1. The topological polar surface area (TPSA) is 35.6 Å². The van der Waals surface area contributed by atoms with Crippen molar-refractivity contribution in [1.29, 1.82) is 0 Å². The molecular formula is C28H37N3O. The number of carbonyl (C=O) groups excluding carboxylic acids is 1. The fourth-order valence-electron chi connectivity index (χ4n) is 7.19. The highest BCUT2D eigenvalue weighted by Gasteiger charge is 2.69. The fourth-order valence-corrected chi connectivity index (χ4v) is 7.19. The molecule has 1 aliphatic carbocycles. The van der Waals surface area contributed by atoms with Crippen LogP contribution in [-0.4, -0.2) is 54.0 Å². The fraction of sp³-hybridized carbons (Fsp3) is 0.536. The van der Waals surface area contributed by atoms with Gasteiger partial charge in [0.05, 0.1) is 0 Å². The lowest BCUT2D eigenvalue weighted by Crippen LogP contribution is -2.76. The molecule has 2 aromatic rings. The van der Waals surface area contributed by atoms with Crippen LogP contribution in [0.3, 0.4) is 0 Å². The van der Waals surface area contributed by atoms with Gasteiger partial charge in [-0.15, -0.1) is 0 Å². The van der Waals surface area contributed by atoms with Crippen LogP contribution in [-0.2, 0) is 17.8 Å². The summed E-state index contributed by atoms with van der Waals surface area (Å²) in [5.41, 5.74) is 2.15. The Morgan fingerprint density at radius 2 is 1.69 bits per heavy atom. The van der Waals surface area contributed by atoms with Gasteiger partial charge >= 0.3 is 0 Å². The number of benzene rings is 2. The lowest BCUT2D eigenvalue weighted by atomic mass is 9.57. The van der Waals surface area contributed by atoms with Gasteiger partial charge in [-0.2, -0.15) is 0 Å². The maximum atomic E-state index is 14.1. The van der Waals surface area contributed by atoms with Crippen LogP contribution in [0.5, 0.6) is 0 Å². The standard InChI is InChI=1S/C28H37N3O/c1-20(2)17-31-19-24-15-23-18-30(3)28(24,27(32)29-16-22-12-8-5-9-13-22)26(31)25(23)14-21-10-6-4-7-11-21/h4-13,20,23-26H,14-19H2,1-3H3,(H,29,32)/t23-,24-,25+,26-,28-/m0/s1. The lowest BCUT2D eigenvalue weighted by Gasteiger charge is -2.60. The minimum absolute atomic E-state index is 0.237. The minimum atomic E-state index is -0.419. The second kappa shape index (κ2) is 8.64. The van der Waals surface area contributed by atoms with Crippen LogP contribution in [0.4, 0.5) is 0 Å². The Hall–Kier alpha value is -2.17. The van der Waals surface area contributed by atoms with Crippen LogP contribution >= 0.6 is 0 Å². The van der Waals surface area contributed by atoms with Gasteiger partial charge in [0.2, 0.25) is 5.91 Å². The Morgan fingerprint density at radius 1 is 1.03 bits per heavy atom. The van der Waals surface area contributed by atoms with E-state index >= 15 is 0 Å². The summed E-state index contributed by atoms with van der Waals surface area (Å²) in [5.74, 6) is 2.43. The number of fused-ring (bicyclic) bond motifs is 1. The van der Waals surface area contributed by atoms with Crippen molar-refractivity contribution in [2.45, 2.75) is 44.8 Å². The molecule has 4 heteroatoms. The molecule has 0 aromatic heterocycles. The number of hydrogen-bond acceptors (Lipinski definition) is 3. The molecule has 0 radical (unpaired) electrons. The Morgan fingerprint density at radius 3 is 2.34 bits per heavy atom. The number of nitrogens with one attached hydrogen (secondary N) is 1. The predicted molar refractivity (Wildman–Crippen MR) is 129 cm³/mol. The molecule has 3 aliphatic heterocycles. The predicted octanol–water partition coefficient (Wildman–Crippen LogP) is 3.82. The Kier molecular flexibility index (Phi) is 5.85. The van der Waals surface area contributed by atoms with Gasteiger partial charge in [-0.1, -0.05) is 74.5 Å². The highest BCUT2D eigenvalue weighted by atomic mass is 16.2. The van der Waals surface area contributed by atoms with E-state index in [1.54, 1.807) is 0 Å². The van der Waals surface area contributed by atoms with Gasteiger partial charge in [-0.25, -0.2) is 0 Å². The number of rotatable bonds is 7. The van der Waals surface area contributed by atoms with E-state index in [2.05, 4.69) is 78.5 Å². The van der Waals surface area contributed by atoms with Crippen molar-refractivity contribution < 1.29 is 4.79 Å². The van der Waals surface area contributed by atoms with Gasteiger partial charge in [0.15, 0.2) is 0 Å². The van der Waals surface area contributed by atoms with Gasteiger partial charge in [0, 0.05) is 38.1 Å². The summed E-state index contributed by atoms with van der Waals surface area (Å²) in [7, 11) is 2.20. The molecule has 1 N–H and O–H groups in total. The Labute approximate surface area is 193 Å². The van der Waals surface area contributed by atoms with Gasteiger partial charge in [-0.05, 0) is 48.8 Å². The van der Waals surface area contributed by atoms with E-state index in [9.17, 15) is 4.79 Å². The molecule has 3 heterocycles. The molecule has 3 saturated heterocycles. The van der Waals surface area contributed by atoms with Crippen molar-refractivity contribution >= 4 is 5.91 Å². The quantitative estimate of drug-likeness (QED) is 0.724. The first-order valence-corrected chi connectivity index (χ1v) is 12.3. The van der Waals surface area contributed by atoms with Crippen LogP contribution in [0.1, 0.15) is 31.4 Å². The second-order valence-corrected chi connectivity index (χ2v) is 10.7. The molecule has 0 unspecified atom stereocenters. The molecule has 4 aliphatic rings. The molecule has 4 fully saturated rings. The number of carbonyl (C=O) groups is 1. The van der Waals surface area contributed by atoms with Crippen molar-refractivity contribution in [2.75, 3.05) is 26.7 Å². The molecule has 4 bridgehead atoms. The molecule has 32 heavy (non-hydrogen) atoms. The van der Waals surface area contributed by atoms with E-state index in [-0.39, 0.29) is 11.9 Å². The normalized spacial score (nSPS) is 31.9. The van der Waals surface area contributed by atoms with Crippen molar-refractivity contribution in [1.82, 2.24) is 15.1 Å². The largest absolute Gasteiger partial charge is 0.350 e. The van der Waals surface area contributed by atoms with Crippen molar-refractivity contribution in [3.8, 4) is 0 Å². The first kappa shape index (κ1) is 21.7. The molecule has 1 saturated carbocycles. The van der Waals surface area contributed by atoms with Crippen molar-refractivity contribution in [2.24, 2.45) is 23.7 Å². The van der Waals surface area contributed by atoms with Crippen LogP contribution < -0.4 is 5.32 Å². The number of piperidine rings is 2. The van der Waals surface area contributed by atoms with E-state index in [0.29, 0.717) is 30.2 Å². The van der Waals surface area contributed by atoms with E-state index in [0.717, 1.165) is 31.6 Å². The van der Waals surface area contributed by atoms with E-state index < -0.39 is 5.54 Å². The van der Waals surface area contributed by atoms with E-state index in [4.69, 9.17) is 0 Å². The molecule has 170 valence electrons. The molecule has 1 amide bonds. The Balaban J connectivity index is 1.48. The van der Waals surface area contributed by atoms with Crippen LogP contribution in [0.25, 0.3) is 0 Å². The van der Waals surface area contributed by atoms with Crippen LogP contribution in [0.15, 0.2) is 60.7 Å². The summed E-state index contributed by atoms with van der Waals surface area (Å²) in [6.07, 6.45) is 2.24. The van der Waals surface area contributed by atoms with Gasteiger partial charge < -0.3 is 5.32 Å². The zero-order valence-electron chi connectivity index (χ0n) is 19.7. The average molecular weight is 432 g/mol. The Bertz CT molecular complexity index is 930. The first-order valence-electron chi connectivity index (χ1n) is 12.3. The molecule has 0 spiro atoms. The van der Waals surface area contributed by atoms with E-state index in [1.165, 1.54) is 12.0 Å². The number of likely N-dealkylation sites (tertiary alicyclic amines) is 1. The number of nitrogens with zero attached hydrogens (tertiary/aromatic N) is 2. The van der Waals surface area contributed by atoms with Gasteiger partial charge in [-0.3, -0.25) is 14.6 Å². The first-order chi connectivity index (χ1) is 15.5. The van der Waals surface area contributed by atoms with Gasteiger partial charge in [0.25, 0.3) is 0 Å². The third-order valence-electron chi connectivity index (χ3n) is 8.23. The monoisotopic (exact) mass is 431 g/mol. The molecule has 4 nitrogen and oxygen atoms in total. The van der Waals surface area contributed by atoms with Gasteiger partial charge in [0.1, 0.15) is 5.54 Å². The zero-order chi connectivity index (χ0) is 22.3. The summed E-state index contributed by atoms with van der Waals surface area (Å²) in [5, 5.41) is 3.37. The minimum Gasteiger partial charge on any atom is -0.350 e. The van der Waals surface area contributed by atoms with Crippen molar-refractivity contribution in [3.63, 3.8) is 0 Å². The van der Waals surface area contributed by atoms with Crippen LogP contribution in [0, 0.1) is 23.7 Å². The molecule has 5 atom stereocenters. The molecule has 2 aromatic carbocycles. The molecular weight excluding hydrogens is 394 g/mol. The number of likely N-dealkylation sites (N-methyl/N-ethyl adjacent to an activating group) is 1. The highest BCUT2D eigenvalue weighted by molar-refractivity contribution is 5.89. The average Bonchev–Trinajstić information content (AvgIpc) is 3.05.